The van der Waals surface area contributed by atoms with Crippen LogP contribution in [0.4, 0.5) is 0 Å². The Bertz CT molecular complexity index is 153. The van der Waals surface area contributed by atoms with Crippen LogP contribution in [0.3, 0.4) is 0 Å². The Morgan fingerprint density at radius 3 is 2.14 bits per heavy atom. The van der Waals surface area contributed by atoms with Crippen LogP contribution in [0.5, 0.6) is 0 Å². The lowest BCUT2D eigenvalue weighted by atomic mass is 9.67. The highest BCUT2D eigenvalue weighted by Gasteiger charge is 2.35. The largest absolute Gasteiger partial charge is 0.313 e. The van der Waals surface area contributed by atoms with Crippen LogP contribution in [0.25, 0.3) is 0 Å². The summed E-state index contributed by atoms with van der Waals surface area (Å²) >= 11 is 0. The van der Waals surface area contributed by atoms with Crippen LogP contribution in [0.15, 0.2) is 0 Å². The van der Waals surface area contributed by atoms with Crippen molar-refractivity contribution in [2.75, 3.05) is 6.54 Å². The van der Waals surface area contributed by atoms with E-state index in [0.717, 1.165) is 12.0 Å². The van der Waals surface area contributed by atoms with Crippen molar-refractivity contribution in [1.29, 1.82) is 0 Å². The zero-order valence-electron chi connectivity index (χ0n) is 10.4. The molecule has 1 unspecified atom stereocenters. The van der Waals surface area contributed by atoms with E-state index in [4.69, 9.17) is 0 Å². The van der Waals surface area contributed by atoms with E-state index < -0.39 is 0 Å². The summed E-state index contributed by atoms with van der Waals surface area (Å²) in [6.07, 6.45) is 6.97. The highest BCUT2D eigenvalue weighted by Crippen LogP contribution is 2.43. The predicted molar refractivity (Wildman–Crippen MR) is 63.5 cm³/mol. The SMILES string of the molecule is CCC(NCC1(CC)CCC1)C(C)C. The molecule has 0 aromatic rings. The molecule has 0 radical (unpaired) electrons. The third-order valence-corrected chi connectivity index (χ3v) is 4.15. The molecule has 1 atom stereocenters. The van der Waals surface area contributed by atoms with Crippen molar-refractivity contribution in [2.45, 2.75) is 65.8 Å². The van der Waals surface area contributed by atoms with Gasteiger partial charge in [-0.3, -0.25) is 0 Å². The molecule has 1 aliphatic carbocycles. The van der Waals surface area contributed by atoms with Crippen LogP contribution in [0.2, 0.25) is 0 Å². The fraction of sp³-hybridized carbons (Fsp3) is 1.00. The number of hydrogen-bond acceptors (Lipinski definition) is 1. The first-order valence-electron chi connectivity index (χ1n) is 6.37. The minimum absolute atomic E-state index is 0.669. The van der Waals surface area contributed by atoms with E-state index in [1.54, 1.807) is 0 Å². The Labute approximate surface area is 89.7 Å². The maximum Gasteiger partial charge on any atom is 0.00876 e. The lowest BCUT2D eigenvalue weighted by Gasteiger charge is -2.42. The van der Waals surface area contributed by atoms with Crippen molar-refractivity contribution in [3.63, 3.8) is 0 Å². The van der Waals surface area contributed by atoms with Gasteiger partial charge in [0.1, 0.15) is 0 Å². The molecule has 0 amide bonds. The first kappa shape index (κ1) is 12.0. The van der Waals surface area contributed by atoms with Crippen LogP contribution in [0, 0.1) is 11.3 Å². The maximum absolute atomic E-state index is 3.76. The molecule has 1 N–H and O–H groups in total. The molecular formula is C13H27N. The fourth-order valence-electron chi connectivity index (χ4n) is 2.53. The molecule has 0 bridgehead atoms. The van der Waals surface area contributed by atoms with Crippen LogP contribution >= 0.6 is 0 Å². The van der Waals surface area contributed by atoms with Crippen LogP contribution in [0.1, 0.15) is 59.8 Å². The first-order chi connectivity index (χ1) is 6.63. The lowest BCUT2D eigenvalue weighted by Crippen LogP contribution is -2.44. The van der Waals surface area contributed by atoms with Crippen LogP contribution in [-0.2, 0) is 0 Å². The Morgan fingerprint density at radius 1 is 1.21 bits per heavy atom. The minimum atomic E-state index is 0.669. The fourth-order valence-corrected chi connectivity index (χ4v) is 2.53. The van der Waals surface area contributed by atoms with Gasteiger partial charge in [-0.1, -0.05) is 34.1 Å². The zero-order chi connectivity index (χ0) is 10.6. The molecule has 84 valence electrons. The Balaban J connectivity index is 2.30. The Morgan fingerprint density at radius 2 is 1.86 bits per heavy atom. The number of rotatable bonds is 6. The van der Waals surface area contributed by atoms with Gasteiger partial charge in [0.2, 0.25) is 0 Å². The van der Waals surface area contributed by atoms with Gasteiger partial charge in [0.05, 0.1) is 0 Å². The molecule has 1 saturated carbocycles. The van der Waals surface area contributed by atoms with Crippen molar-refractivity contribution in [3.8, 4) is 0 Å². The summed E-state index contributed by atoms with van der Waals surface area (Å²) < 4.78 is 0. The third kappa shape index (κ3) is 2.73. The van der Waals surface area contributed by atoms with E-state index >= 15 is 0 Å². The molecule has 0 saturated heterocycles. The van der Waals surface area contributed by atoms with Gasteiger partial charge in [0.15, 0.2) is 0 Å². The van der Waals surface area contributed by atoms with Gasteiger partial charge in [-0.2, -0.15) is 0 Å². The van der Waals surface area contributed by atoms with Crippen LogP contribution < -0.4 is 5.32 Å². The summed E-state index contributed by atoms with van der Waals surface area (Å²) in [5, 5.41) is 3.76. The third-order valence-electron chi connectivity index (χ3n) is 4.15. The van der Waals surface area contributed by atoms with Crippen molar-refractivity contribution >= 4 is 0 Å². The summed E-state index contributed by atoms with van der Waals surface area (Å²) in [7, 11) is 0. The summed E-state index contributed by atoms with van der Waals surface area (Å²) in [6, 6.07) is 0.721. The molecule has 0 spiro atoms. The molecule has 1 nitrogen and oxygen atoms in total. The quantitative estimate of drug-likeness (QED) is 0.686. The number of nitrogens with one attached hydrogen (secondary N) is 1. The topological polar surface area (TPSA) is 12.0 Å². The van der Waals surface area contributed by atoms with Gasteiger partial charge in [-0.25, -0.2) is 0 Å². The molecule has 0 aliphatic heterocycles. The van der Waals surface area contributed by atoms with Crippen molar-refractivity contribution in [2.24, 2.45) is 11.3 Å². The molecule has 0 aromatic heterocycles. The first-order valence-corrected chi connectivity index (χ1v) is 6.37. The average Bonchev–Trinajstić information content (AvgIpc) is 2.09. The molecule has 14 heavy (non-hydrogen) atoms. The van der Waals surface area contributed by atoms with Crippen molar-refractivity contribution < 1.29 is 0 Å². The van der Waals surface area contributed by atoms with E-state index in [2.05, 4.69) is 33.0 Å². The summed E-state index contributed by atoms with van der Waals surface area (Å²) in [5.74, 6) is 0.772. The minimum Gasteiger partial charge on any atom is -0.313 e. The normalized spacial score (nSPS) is 22.1. The Hall–Kier alpha value is -0.0400. The van der Waals surface area contributed by atoms with E-state index in [1.807, 2.05) is 0 Å². The predicted octanol–water partition coefficient (Wildman–Crippen LogP) is 3.59. The standard InChI is InChI=1S/C13H27N/c1-5-12(11(3)4)14-10-13(6-2)8-7-9-13/h11-12,14H,5-10H2,1-4H3. The highest BCUT2D eigenvalue weighted by atomic mass is 14.9. The summed E-state index contributed by atoms with van der Waals surface area (Å²) in [6.45, 7) is 10.5. The van der Waals surface area contributed by atoms with Gasteiger partial charge in [0.25, 0.3) is 0 Å². The monoisotopic (exact) mass is 197 g/mol. The Kier molecular flexibility index (Phi) is 4.43. The smallest absolute Gasteiger partial charge is 0.00876 e. The molecule has 1 rings (SSSR count). The molecule has 1 heteroatoms. The van der Waals surface area contributed by atoms with E-state index in [1.165, 1.54) is 38.6 Å². The second-order valence-corrected chi connectivity index (χ2v) is 5.35. The number of hydrogen-bond donors (Lipinski definition) is 1. The summed E-state index contributed by atoms with van der Waals surface area (Å²) in [4.78, 5) is 0. The lowest BCUT2D eigenvalue weighted by molar-refractivity contribution is 0.115. The van der Waals surface area contributed by atoms with E-state index in [-0.39, 0.29) is 0 Å². The van der Waals surface area contributed by atoms with Gasteiger partial charge in [-0.05, 0) is 37.0 Å². The molecular weight excluding hydrogens is 170 g/mol. The van der Waals surface area contributed by atoms with E-state index in [0.29, 0.717) is 5.41 Å². The van der Waals surface area contributed by atoms with E-state index in [9.17, 15) is 0 Å². The van der Waals surface area contributed by atoms with Gasteiger partial charge in [0, 0.05) is 12.6 Å². The second kappa shape index (κ2) is 5.16. The van der Waals surface area contributed by atoms with Gasteiger partial charge >= 0.3 is 0 Å². The van der Waals surface area contributed by atoms with Crippen LogP contribution in [-0.4, -0.2) is 12.6 Å². The molecule has 1 fully saturated rings. The zero-order valence-corrected chi connectivity index (χ0v) is 10.4. The second-order valence-electron chi connectivity index (χ2n) is 5.35. The summed E-state index contributed by atoms with van der Waals surface area (Å²) in [5.41, 5.74) is 0.669. The average molecular weight is 197 g/mol. The van der Waals surface area contributed by atoms with Gasteiger partial charge < -0.3 is 5.32 Å². The van der Waals surface area contributed by atoms with Gasteiger partial charge in [-0.15, -0.1) is 0 Å². The molecule has 1 aliphatic rings. The highest BCUT2D eigenvalue weighted by molar-refractivity contribution is 4.89. The van der Waals surface area contributed by atoms with Crippen molar-refractivity contribution in [1.82, 2.24) is 5.32 Å². The molecule has 0 aromatic carbocycles. The van der Waals surface area contributed by atoms with Crippen molar-refractivity contribution in [3.05, 3.63) is 0 Å². The molecule has 0 heterocycles. The maximum atomic E-state index is 3.76.